The van der Waals surface area contributed by atoms with Gasteiger partial charge in [0.05, 0.1) is 16.4 Å². The van der Waals surface area contributed by atoms with E-state index in [-0.39, 0.29) is 31.3 Å². The lowest BCUT2D eigenvalue weighted by molar-refractivity contribution is 0.600. The Morgan fingerprint density at radius 1 is 1.00 bits per heavy atom. The minimum Gasteiger partial charge on any atom is -0.396 e. The fourth-order valence-corrected chi connectivity index (χ4v) is 3.69. The lowest BCUT2D eigenvalue weighted by Gasteiger charge is -2.11. The molecule has 3 N–H and O–H groups in total. The lowest BCUT2D eigenvalue weighted by atomic mass is 10.3. The molecule has 2 rings (SSSR count). The molecule has 0 heterocycles. The van der Waals surface area contributed by atoms with Gasteiger partial charge in [0, 0.05) is 10.0 Å². The Morgan fingerprint density at radius 3 is 2.14 bits per heavy atom. The number of rotatable bonds is 3. The molecule has 0 saturated heterocycles. The Morgan fingerprint density at radius 2 is 1.57 bits per heavy atom. The van der Waals surface area contributed by atoms with Crippen LogP contribution in [0.25, 0.3) is 0 Å². The molecule has 0 spiro atoms. The van der Waals surface area contributed by atoms with Crippen LogP contribution in [-0.4, -0.2) is 8.42 Å². The quantitative estimate of drug-likeness (QED) is 0.798. The second kappa shape index (κ2) is 5.88. The van der Waals surface area contributed by atoms with Crippen LogP contribution in [0.15, 0.2) is 35.2 Å². The molecule has 0 aliphatic rings. The molecule has 0 bridgehead atoms. The van der Waals surface area contributed by atoms with Crippen LogP contribution in [0.4, 0.5) is 15.8 Å². The molecule has 0 atom stereocenters. The molecule has 0 unspecified atom stereocenters. The van der Waals surface area contributed by atoms with Crippen LogP contribution in [0.2, 0.25) is 15.1 Å². The van der Waals surface area contributed by atoms with Gasteiger partial charge in [0.15, 0.2) is 0 Å². The summed E-state index contributed by atoms with van der Waals surface area (Å²) in [6.07, 6.45) is 0. The summed E-state index contributed by atoms with van der Waals surface area (Å²) in [5, 5.41) is 0.220. The van der Waals surface area contributed by atoms with Crippen molar-refractivity contribution >= 4 is 56.2 Å². The second-order valence-electron chi connectivity index (χ2n) is 4.07. The van der Waals surface area contributed by atoms with Crippen molar-refractivity contribution in [3.05, 3.63) is 51.2 Å². The highest BCUT2D eigenvalue weighted by atomic mass is 35.5. The van der Waals surface area contributed by atoms with Crippen molar-refractivity contribution in [1.82, 2.24) is 0 Å². The van der Waals surface area contributed by atoms with Gasteiger partial charge < -0.3 is 5.73 Å². The van der Waals surface area contributed by atoms with Crippen molar-refractivity contribution < 1.29 is 12.8 Å². The Balaban J connectivity index is 2.45. The maximum atomic E-state index is 13.2. The van der Waals surface area contributed by atoms with Gasteiger partial charge in [-0.1, -0.05) is 34.8 Å². The third-order valence-electron chi connectivity index (χ3n) is 2.46. The zero-order valence-electron chi connectivity index (χ0n) is 10.2. The molecule has 0 aliphatic heterocycles. The molecule has 0 radical (unpaired) electrons. The van der Waals surface area contributed by atoms with Gasteiger partial charge >= 0.3 is 0 Å². The van der Waals surface area contributed by atoms with E-state index in [0.29, 0.717) is 0 Å². The third-order valence-corrected chi connectivity index (χ3v) is 4.74. The number of anilines is 2. The largest absolute Gasteiger partial charge is 0.396 e. The van der Waals surface area contributed by atoms with E-state index >= 15 is 0 Å². The second-order valence-corrected chi connectivity index (χ2v) is 7.00. The highest BCUT2D eigenvalue weighted by molar-refractivity contribution is 7.92. The molecule has 9 heteroatoms. The summed E-state index contributed by atoms with van der Waals surface area (Å²) in [6, 6.07) is 5.95. The molecular formula is C12H8Cl3FN2O2S. The van der Waals surface area contributed by atoms with Gasteiger partial charge in [-0.25, -0.2) is 12.8 Å². The molecule has 0 saturated carbocycles. The summed E-state index contributed by atoms with van der Waals surface area (Å²) in [7, 11) is -4.06. The van der Waals surface area contributed by atoms with Crippen LogP contribution >= 0.6 is 34.8 Å². The first-order chi connectivity index (χ1) is 9.69. The number of nitrogens with two attached hydrogens (primary N) is 1. The van der Waals surface area contributed by atoms with Gasteiger partial charge in [-0.15, -0.1) is 0 Å². The van der Waals surface area contributed by atoms with E-state index < -0.39 is 15.8 Å². The third kappa shape index (κ3) is 3.71. The van der Waals surface area contributed by atoms with E-state index in [1.807, 2.05) is 0 Å². The van der Waals surface area contributed by atoms with Gasteiger partial charge in [0.1, 0.15) is 10.7 Å². The van der Waals surface area contributed by atoms with Crippen molar-refractivity contribution in [3.63, 3.8) is 0 Å². The molecular weight excluding hydrogens is 362 g/mol. The Labute approximate surface area is 135 Å². The minimum atomic E-state index is -4.06. The smallest absolute Gasteiger partial charge is 0.263 e. The molecule has 0 aliphatic carbocycles. The topological polar surface area (TPSA) is 72.2 Å². The molecule has 0 amide bonds. The fraction of sp³-hybridized carbons (Fsp3) is 0. The number of hydrogen-bond acceptors (Lipinski definition) is 3. The van der Waals surface area contributed by atoms with E-state index in [2.05, 4.69) is 4.72 Å². The van der Waals surface area contributed by atoms with Crippen LogP contribution in [0.5, 0.6) is 0 Å². The maximum Gasteiger partial charge on any atom is 0.263 e. The number of hydrogen-bond donors (Lipinski definition) is 2. The van der Waals surface area contributed by atoms with Gasteiger partial charge in [0.25, 0.3) is 10.0 Å². The standard InChI is InChI=1S/C12H8Cl3FN2O2S/c13-6-1-7(14)3-8(2-6)18-21(19,20)12-5-11(17)10(16)4-9(12)15/h1-5,18H,17H2. The number of halogens is 4. The van der Waals surface area contributed by atoms with Crippen molar-refractivity contribution in [2.45, 2.75) is 4.90 Å². The number of nitrogen functional groups attached to an aromatic ring is 1. The summed E-state index contributed by atoms with van der Waals surface area (Å²) in [4.78, 5) is -0.348. The zero-order valence-corrected chi connectivity index (χ0v) is 13.3. The molecule has 4 nitrogen and oxygen atoms in total. The van der Waals surface area contributed by atoms with Crippen molar-refractivity contribution in [3.8, 4) is 0 Å². The predicted octanol–water partition coefficient (Wildman–Crippen LogP) is 4.17. The molecule has 21 heavy (non-hydrogen) atoms. The van der Waals surface area contributed by atoms with Gasteiger partial charge in [-0.2, -0.15) is 0 Å². The lowest BCUT2D eigenvalue weighted by Crippen LogP contribution is -2.14. The van der Waals surface area contributed by atoms with E-state index in [1.165, 1.54) is 18.2 Å². The van der Waals surface area contributed by atoms with Crippen LogP contribution < -0.4 is 10.5 Å². The van der Waals surface area contributed by atoms with E-state index in [1.54, 1.807) is 0 Å². The average Bonchev–Trinajstić information content (AvgIpc) is 2.31. The Kier molecular flexibility index (Phi) is 4.53. The highest BCUT2D eigenvalue weighted by Gasteiger charge is 2.20. The normalized spacial score (nSPS) is 11.4. The first-order valence-corrected chi connectivity index (χ1v) is 8.04. The predicted molar refractivity (Wildman–Crippen MR) is 83.1 cm³/mol. The first kappa shape index (κ1) is 16.2. The van der Waals surface area contributed by atoms with Crippen LogP contribution in [-0.2, 0) is 10.0 Å². The van der Waals surface area contributed by atoms with E-state index in [0.717, 1.165) is 12.1 Å². The summed E-state index contributed by atoms with van der Waals surface area (Å²) >= 11 is 17.3. The van der Waals surface area contributed by atoms with Crippen LogP contribution in [0.3, 0.4) is 0 Å². The number of nitrogens with one attached hydrogen (secondary N) is 1. The van der Waals surface area contributed by atoms with Gasteiger partial charge in [-0.05, 0) is 30.3 Å². The summed E-state index contributed by atoms with van der Waals surface area (Å²) in [5.41, 5.74) is 5.17. The highest BCUT2D eigenvalue weighted by Crippen LogP contribution is 2.29. The van der Waals surface area contributed by atoms with Crippen molar-refractivity contribution in [1.29, 1.82) is 0 Å². The summed E-state index contributed by atoms with van der Waals surface area (Å²) in [6.45, 7) is 0. The Hall–Kier alpha value is -1.21. The molecule has 0 fully saturated rings. The first-order valence-electron chi connectivity index (χ1n) is 5.42. The average molecular weight is 370 g/mol. The van der Waals surface area contributed by atoms with Crippen molar-refractivity contribution in [2.75, 3.05) is 10.5 Å². The molecule has 0 aromatic heterocycles. The molecule has 2 aromatic carbocycles. The SMILES string of the molecule is Nc1cc(S(=O)(=O)Nc2cc(Cl)cc(Cl)c2)c(Cl)cc1F. The number of benzene rings is 2. The van der Waals surface area contributed by atoms with Crippen LogP contribution in [0, 0.1) is 5.82 Å². The van der Waals surface area contributed by atoms with Gasteiger partial charge in [-0.3, -0.25) is 4.72 Å². The van der Waals surface area contributed by atoms with E-state index in [9.17, 15) is 12.8 Å². The minimum absolute atomic E-state index is 0.145. The van der Waals surface area contributed by atoms with Crippen molar-refractivity contribution in [2.24, 2.45) is 0 Å². The molecule has 2 aromatic rings. The summed E-state index contributed by atoms with van der Waals surface area (Å²) < 4.78 is 40.0. The zero-order chi connectivity index (χ0) is 15.8. The maximum absolute atomic E-state index is 13.2. The number of sulfonamides is 1. The van der Waals surface area contributed by atoms with Crippen LogP contribution in [0.1, 0.15) is 0 Å². The fourth-order valence-electron chi connectivity index (χ4n) is 1.57. The van der Waals surface area contributed by atoms with E-state index in [4.69, 9.17) is 40.5 Å². The molecule has 112 valence electrons. The Bertz CT molecular complexity index is 792. The monoisotopic (exact) mass is 368 g/mol. The summed E-state index contributed by atoms with van der Waals surface area (Å²) in [5.74, 6) is -0.801. The van der Waals surface area contributed by atoms with Gasteiger partial charge in [0.2, 0.25) is 0 Å².